The topological polar surface area (TPSA) is 86.2 Å². The van der Waals surface area contributed by atoms with Crippen molar-refractivity contribution in [1.82, 2.24) is 0 Å². The second-order valence-electron chi connectivity index (χ2n) is 4.50. The van der Waals surface area contributed by atoms with Crippen molar-refractivity contribution in [2.75, 3.05) is 0 Å². The van der Waals surface area contributed by atoms with Gasteiger partial charge in [0, 0.05) is 27.9 Å². The molecule has 22 heavy (non-hydrogen) atoms. The van der Waals surface area contributed by atoms with Gasteiger partial charge in [-0.3, -0.25) is 14.9 Å². The summed E-state index contributed by atoms with van der Waals surface area (Å²) in [6, 6.07) is 4.12. The second kappa shape index (κ2) is 8.19. The molecule has 0 aromatic heterocycles. The lowest BCUT2D eigenvalue weighted by atomic mass is 10.0. The van der Waals surface area contributed by atoms with Gasteiger partial charge in [-0.2, -0.15) is 0 Å². The molecule has 0 saturated carbocycles. The number of nitrogens with zero attached hydrogens (tertiary/aromatic N) is 1. The van der Waals surface area contributed by atoms with Crippen LogP contribution < -0.4 is 5.73 Å². The summed E-state index contributed by atoms with van der Waals surface area (Å²) in [5.74, 6) is -0.699. The molecule has 5 nitrogen and oxygen atoms in total. The summed E-state index contributed by atoms with van der Waals surface area (Å²) in [7, 11) is 0. The molecule has 2 N–H and O–H groups in total. The first-order chi connectivity index (χ1) is 10.4. The Hall–Kier alpha value is -2.34. The predicted molar refractivity (Wildman–Crippen MR) is 91.7 cm³/mol. The maximum absolute atomic E-state index is 11.7. The zero-order valence-corrected chi connectivity index (χ0v) is 13.1. The quantitative estimate of drug-likeness (QED) is 0.447. The van der Waals surface area contributed by atoms with Crippen molar-refractivity contribution in [2.45, 2.75) is 18.6 Å². The van der Waals surface area contributed by atoms with Crippen LogP contribution in [-0.4, -0.2) is 16.1 Å². The number of thioether (sulfide) groups is 1. The Balaban J connectivity index is 3.39. The average Bonchev–Trinajstić information content (AvgIpc) is 2.50. The number of hydrogen-bond acceptors (Lipinski definition) is 4. The Labute approximate surface area is 133 Å². The highest BCUT2D eigenvalue weighted by atomic mass is 32.2. The minimum Gasteiger partial charge on any atom is -0.366 e. The number of nitrogens with two attached hydrogens (primary N) is 1. The second-order valence-corrected chi connectivity index (χ2v) is 5.92. The molecule has 1 aromatic carbocycles. The lowest BCUT2D eigenvalue weighted by molar-refractivity contribution is -0.384. The van der Waals surface area contributed by atoms with Crippen LogP contribution in [0.15, 0.2) is 49.6 Å². The maximum atomic E-state index is 11.7. The summed E-state index contributed by atoms with van der Waals surface area (Å²) in [5.41, 5.74) is 5.93. The van der Waals surface area contributed by atoms with Crippen molar-refractivity contribution in [1.29, 1.82) is 0 Å². The van der Waals surface area contributed by atoms with E-state index in [9.17, 15) is 14.9 Å². The first-order valence-electron chi connectivity index (χ1n) is 6.59. The third-order valence-corrected chi connectivity index (χ3v) is 4.06. The summed E-state index contributed by atoms with van der Waals surface area (Å²) in [6.45, 7) is 9.37. The highest BCUT2D eigenvalue weighted by Gasteiger charge is 2.18. The Morgan fingerprint density at radius 1 is 1.45 bits per heavy atom. The number of carbonyl (C=O) groups excluding carboxylic acids is 1. The summed E-state index contributed by atoms with van der Waals surface area (Å²) in [4.78, 5) is 22.8. The fraction of sp³-hybridized carbons (Fsp3) is 0.188. The van der Waals surface area contributed by atoms with E-state index in [1.165, 1.54) is 23.9 Å². The summed E-state index contributed by atoms with van der Waals surface area (Å²) in [5, 5.41) is 11.0. The van der Waals surface area contributed by atoms with E-state index >= 15 is 0 Å². The molecular formula is C16H18N2O3S. The van der Waals surface area contributed by atoms with Crippen molar-refractivity contribution in [3.05, 3.63) is 70.8 Å². The number of nitro benzene ring substituents is 1. The SMILES string of the molecule is C=CC/C=C(\SC(C)C=C)c1ccc([N+](=O)[O-])cc1C(N)=O. The van der Waals surface area contributed by atoms with Gasteiger partial charge in [0.25, 0.3) is 5.69 Å². The molecule has 0 heterocycles. The standard InChI is InChI=1S/C16H18N2O3S/c1-4-6-7-15(22-11(3)5-2)13-9-8-12(18(20)21)10-14(13)16(17)19/h4-5,7-11H,1-2,6H2,3H3,(H2,17,19)/b15-7-. The van der Waals surface area contributed by atoms with Crippen molar-refractivity contribution < 1.29 is 9.72 Å². The van der Waals surface area contributed by atoms with Crippen molar-refractivity contribution in [3.8, 4) is 0 Å². The molecule has 6 heteroatoms. The number of carbonyl (C=O) groups is 1. The molecule has 116 valence electrons. The van der Waals surface area contributed by atoms with Gasteiger partial charge in [-0.15, -0.1) is 24.9 Å². The number of hydrogen-bond donors (Lipinski definition) is 1. The Morgan fingerprint density at radius 2 is 2.14 bits per heavy atom. The normalized spacial score (nSPS) is 12.5. The fourth-order valence-electron chi connectivity index (χ4n) is 1.72. The molecule has 1 amide bonds. The zero-order valence-electron chi connectivity index (χ0n) is 12.3. The van der Waals surface area contributed by atoms with Crippen LogP contribution in [0.4, 0.5) is 5.69 Å². The maximum Gasteiger partial charge on any atom is 0.270 e. The first-order valence-corrected chi connectivity index (χ1v) is 7.47. The van der Waals surface area contributed by atoms with Gasteiger partial charge in [-0.1, -0.05) is 18.2 Å². The Kier molecular flexibility index (Phi) is 6.59. The lowest BCUT2D eigenvalue weighted by Crippen LogP contribution is -2.14. The Morgan fingerprint density at radius 3 is 2.64 bits per heavy atom. The molecule has 0 aliphatic heterocycles. The monoisotopic (exact) mass is 318 g/mol. The molecule has 0 radical (unpaired) electrons. The average molecular weight is 318 g/mol. The molecule has 0 aliphatic carbocycles. The molecule has 1 rings (SSSR count). The van der Waals surface area contributed by atoms with E-state index in [4.69, 9.17) is 5.73 Å². The molecule has 0 fully saturated rings. The highest BCUT2D eigenvalue weighted by Crippen LogP contribution is 2.35. The van der Waals surface area contributed by atoms with E-state index in [1.807, 2.05) is 13.0 Å². The molecule has 1 atom stereocenters. The molecule has 0 bridgehead atoms. The highest BCUT2D eigenvalue weighted by molar-refractivity contribution is 8.09. The van der Waals surface area contributed by atoms with Crippen molar-refractivity contribution in [3.63, 3.8) is 0 Å². The zero-order chi connectivity index (χ0) is 16.7. The number of non-ortho nitro benzene ring substituents is 1. The lowest BCUT2D eigenvalue weighted by Gasteiger charge is -2.13. The molecule has 0 aliphatic rings. The van der Waals surface area contributed by atoms with Gasteiger partial charge in [0.2, 0.25) is 5.91 Å². The van der Waals surface area contributed by atoms with Crippen molar-refractivity contribution in [2.24, 2.45) is 5.73 Å². The molecule has 1 unspecified atom stereocenters. The summed E-state index contributed by atoms with van der Waals surface area (Å²) in [6.07, 6.45) is 6.03. The number of rotatable bonds is 8. The van der Waals surface area contributed by atoms with Crippen LogP contribution in [0.2, 0.25) is 0 Å². The number of primary amides is 1. The number of amides is 1. The summed E-state index contributed by atoms with van der Waals surface area (Å²) >= 11 is 1.50. The van der Waals surface area contributed by atoms with Crippen LogP contribution in [0.1, 0.15) is 29.3 Å². The van der Waals surface area contributed by atoms with E-state index in [-0.39, 0.29) is 16.5 Å². The van der Waals surface area contributed by atoms with E-state index < -0.39 is 10.8 Å². The largest absolute Gasteiger partial charge is 0.366 e. The van der Waals surface area contributed by atoms with Crippen LogP contribution in [-0.2, 0) is 0 Å². The first kappa shape index (κ1) is 17.7. The van der Waals surface area contributed by atoms with Gasteiger partial charge in [-0.05, 0) is 19.4 Å². The van der Waals surface area contributed by atoms with Crippen LogP contribution in [0.3, 0.4) is 0 Å². The Bertz CT molecular complexity index is 638. The van der Waals surface area contributed by atoms with Crippen LogP contribution in [0, 0.1) is 10.1 Å². The van der Waals surface area contributed by atoms with Crippen LogP contribution >= 0.6 is 11.8 Å². The van der Waals surface area contributed by atoms with Gasteiger partial charge >= 0.3 is 0 Å². The molecule has 0 spiro atoms. The van der Waals surface area contributed by atoms with Gasteiger partial charge < -0.3 is 5.73 Å². The minimum absolute atomic E-state index is 0.118. The van der Waals surface area contributed by atoms with Gasteiger partial charge in [-0.25, -0.2) is 0 Å². The van der Waals surface area contributed by atoms with Crippen molar-refractivity contribution >= 4 is 28.3 Å². The molecule has 1 aromatic rings. The van der Waals surface area contributed by atoms with Crippen LogP contribution in [0.5, 0.6) is 0 Å². The van der Waals surface area contributed by atoms with E-state index in [1.54, 1.807) is 18.2 Å². The fourth-order valence-corrected chi connectivity index (χ4v) is 2.72. The number of nitro groups is 1. The number of allylic oxidation sites excluding steroid dienone is 2. The van der Waals surface area contributed by atoms with E-state index in [0.717, 1.165) is 4.91 Å². The van der Waals surface area contributed by atoms with Crippen LogP contribution in [0.25, 0.3) is 4.91 Å². The van der Waals surface area contributed by atoms with E-state index in [0.29, 0.717) is 12.0 Å². The molecular weight excluding hydrogens is 300 g/mol. The third kappa shape index (κ3) is 4.60. The minimum atomic E-state index is -0.699. The van der Waals surface area contributed by atoms with Gasteiger partial charge in [0.15, 0.2) is 0 Å². The van der Waals surface area contributed by atoms with E-state index in [2.05, 4.69) is 13.2 Å². The van der Waals surface area contributed by atoms with Gasteiger partial charge in [0.1, 0.15) is 0 Å². The predicted octanol–water partition coefficient (Wildman–Crippen LogP) is 3.92. The van der Waals surface area contributed by atoms with Gasteiger partial charge in [0.05, 0.1) is 10.5 Å². The summed E-state index contributed by atoms with van der Waals surface area (Å²) < 4.78 is 0. The molecule has 0 saturated heterocycles. The smallest absolute Gasteiger partial charge is 0.270 e. The number of benzene rings is 1. The third-order valence-electron chi connectivity index (χ3n) is 2.86.